The molecule has 1 aromatic heterocycles. The first kappa shape index (κ1) is 18.7. The summed E-state index contributed by atoms with van der Waals surface area (Å²) < 4.78 is 0. The Kier molecular flexibility index (Phi) is 5.44. The fourth-order valence-corrected chi connectivity index (χ4v) is 3.87. The molecule has 28 heavy (non-hydrogen) atoms. The van der Waals surface area contributed by atoms with Crippen LogP contribution in [0.2, 0.25) is 0 Å². The molecule has 0 bridgehead atoms. The molecule has 1 heterocycles. The van der Waals surface area contributed by atoms with E-state index in [0.29, 0.717) is 24.1 Å². The minimum atomic E-state index is -0.00481. The maximum atomic E-state index is 12.4. The van der Waals surface area contributed by atoms with E-state index in [4.69, 9.17) is 4.98 Å². The third kappa shape index (κ3) is 4.42. The predicted molar refractivity (Wildman–Crippen MR) is 116 cm³/mol. The number of aromatic nitrogens is 1. The molecular formula is C23H25N3OS. The lowest BCUT2D eigenvalue weighted by Crippen LogP contribution is -2.26. The second kappa shape index (κ2) is 8.15. The van der Waals surface area contributed by atoms with Gasteiger partial charge in [0, 0.05) is 22.7 Å². The standard InChI is InChI=1S/C23H25N3OS/c1-15(2)16-7-9-17(10-8-16)23-26-19(14-28-23)13-24-21-6-4-3-5-20(21)22(27)25-18-11-12-18/h3-10,14-15,18,24H,11-13H2,1-2H3,(H,25,27). The van der Waals surface area contributed by atoms with Crippen LogP contribution in [-0.4, -0.2) is 16.9 Å². The van der Waals surface area contributed by atoms with E-state index in [0.717, 1.165) is 34.8 Å². The zero-order chi connectivity index (χ0) is 19.5. The van der Waals surface area contributed by atoms with Crippen molar-refractivity contribution in [2.24, 2.45) is 0 Å². The normalized spacial score (nSPS) is 13.5. The molecule has 0 unspecified atom stereocenters. The van der Waals surface area contributed by atoms with Crippen molar-refractivity contribution in [3.63, 3.8) is 0 Å². The first-order valence-corrected chi connectivity index (χ1v) is 10.7. The number of nitrogens with one attached hydrogen (secondary N) is 2. The van der Waals surface area contributed by atoms with Gasteiger partial charge < -0.3 is 10.6 Å². The number of para-hydroxylation sites is 1. The molecule has 2 aromatic carbocycles. The quantitative estimate of drug-likeness (QED) is 0.564. The first-order chi connectivity index (χ1) is 13.6. The van der Waals surface area contributed by atoms with Crippen LogP contribution >= 0.6 is 11.3 Å². The van der Waals surface area contributed by atoms with Crippen LogP contribution in [0.5, 0.6) is 0 Å². The Hall–Kier alpha value is -2.66. The third-order valence-corrected chi connectivity index (χ3v) is 5.86. The highest BCUT2D eigenvalue weighted by Crippen LogP contribution is 2.27. The minimum absolute atomic E-state index is 0.00481. The molecule has 1 saturated carbocycles. The van der Waals surface area contributed by atoms with Gasteiger partial charge in [-0.25, -0.2) is 4.98 Å². The van der Waals surface area contributed by atoms with Crippen molar-refractivity contribution in [3.05, 3.63) is 70.7 Å². The highest BCUT2D eigenvalue weighted by molar-refractivity contribution is 7.13. The van der Waals surface area contributed by atoms with Gasteiger partial charge in [-0.1, -0.05) is 50.2 Å². The van der Waals surface area contributed by atoms with Crippen molar-refractivity contribution in [1.82, 2.24) is 10.3 Å². The highest BCUT2D eigenvalue weighted by Gasteiger charge is 2.24. The van der Waals surface area contributed by atoms with Crippen LogP contribution in [0, 0.1) is 0 Å². The molecule has 5 heteroatoms. The molecule has 0 saturated heterocycles. The van der Waals surface area contributed by atoms with Crippen LogP contribution < -0.4 is 10.6 Å². The van der Waals surface area contributed by atoms with Crippen LogP contribution in [0.25, 0.3) is 10.6 Å². The van der Waals surface area contributed by atoms with Crippen LogP contribution in [-0.2, 0) is 6.54 Å². The van der Waals surface area contributed by atoms with Gasteiger partial charge in [-0.2, -0.15) is 0 Å². The largest absolute Gasteiger partial charge is 0.379 e. The zero-order valence-corrected chi connectivity index (χ0v) is 17.1. The fourth-order valence-electron chi connectivity index (χ4n) is 3.04. The van der Waals surface area contributed by atoms with Crippen LogP contribution in [0.4, 0.5) is 5.69 Å². The van der Waals surface area contributed by atoms with E-state index in [1.54, 1.807) is 11.3 Å². The van der Waals surface area contributed by atoms with Gasteiger partial charge in [0.05, 0.1) is 17.8 Å². The minimum Gasteiger partial charge on any atom is -0.379 e. The zero-order valence-electron chi connectivity index (χ0n) is 16.2. The summed E-state index contributed by atoms with van der Waals surface area (Å²) in [5.74, 6) is 0.525. The van der Waals surface area contributed by atoms with Crippen molar-refractivity contribution < 1.29 is 4.79 Å². The number of nitrogens with zero attached hydrogens (tertiary/aromatic N) is 1. The Labute approximate surface area is 170 Å². The van der Waals surface area contributed by atoms with E-state index in [-0.39, 0.29) is 5.91 Å². The van der Waals surface area contributed by atoms with Crippen LogP contribution in [0.1, 0.15) is 54.2 Å². The highest BCUT2D eigenvalue weighted by atomic mass is 32.1. The number of carbonyl (C=O) groups is 1. The average molecular weight is 392 g/mol. The molecule has 2 N–H and O–H groups in total. The van der Waals surface area contributed by atoms with Gasteiger partial charge in [0.1, 0.15) is 5.01 Å². The van der Waals surface area contributed by atoms with Gasteiger partial charge in [0.15, 0.2) is 0 Å². The lowest BCUT2D eigenvalue weighted by atomic mass is 10.0. The summed E-state index contributed by atoms with van der Waals surface area (Å²) in [6, 6.07) is 16.6. The van der Waals surface area contributed by atoms with Gasteiger partial charge >= 0.3 is 0 Å². The SMILES string of the molecule is CC(C)c1ccc(-c2nc(CNc3ccccc3C(=O)NC3CC3)cs2)cc1. The van der Waals surface area contributed by atoms with E-state index in [9.17, 15) is 4.79 Å². The van der Waals surface area contributed by atoms with E-state index in [1.807, 2.05) is 24.3 Å². The van der Waals surface area contributed by atoms with Gasteiger partial charge in [0.2, 0.25) is 0 Å². The maximum absolute atomic E-state index is 12.4. The summed E-state index contributed by atoms with van der Waals surface area (Å²) in [7, 11) is 0. The van der Waals surface area contributed by atoms with Crippen molar-refractivity contribution in [2.75, 3.05) is 5.32 Å². The molecule has 0 spiro atoms. The molecule has 1 fully saturated rings. The Balaban J connectivity index is 1.43. The Bertz CT molecular complexity index is 958. The monoisotopic (exact) mass is 391 g/mol. The van der Waals surface area contributed by atoms with Crippen molar-refractivity contribution in [2.45, 2.75) is 45.2 Å². The second-order valence-electron chi connectivity index (χ2n) is 7.57. The van der Waals surface area contributed by atoms with E-state index in [1.165, 1.54) is 5.56 Å². The molecule has 3 aromatic rings. The molecule has 1 aliphatic rings. The number of hydrogen-bond acceptors (Lipinski definition) is 4. The number of anilines is 1. The maximum Gasteiger partial charge on any atom is 0.253 e. The first-order valence-electron chi connectivity index (χ1n) is 9.78. The van der Waals surface area contributed by atoms with Crippen molar-refractivity contribution >= 4 is 22.9 Å². The molecule has 0 atom stereocenters. The molecule has 4 rings (SSSR count). The average Bonchev–Trinajstić information content (AvgIpc) is 3.40. The summed E-state index contributed by atoms with van der Waals surface area (Å²) in [6.45, 7) is 4.99. The molecule has 144 valence electrons. The molecule has 0 radical (unpaired) electrons. The topological polar surface area (TPSA) is 54.0 Å². The molecule has 1 amide bonds. The Morgan fingerprint density at radius 2 is 1.89 bits per heavy atom. The molecular weight excluding hydrogens is 366 g/mol. The van der Waals surface area contributed by atoms with Gasteiger partial charge in [-0.3, -0.25) is 4.79 Å². The number of hydrogen-bond donors (Lipinski definition) is 2. The number of rotatable bonds is 7. The summed E-state index contributed by atoms with van der Waals surface area (Å²) in [5, 5.41) is 9.53. The predicted octanol–water partition coefficient (Wildman–Crippen LogP) is 5.44. The van der Waals surface area contributed by atoms with Crippen molar-refractivity contribution in [1.29, 1.82) is 0 Å². The van der Waals surface area contributed by atoms with Crippen molar-refractivity contribution in [3.8, 4) is 10.6 Å². The van der Waals surface area contributed by atoms with E-state index >= 15 is 0 Å². The third-order valence-electron chi connectivity index (χ3n) is 4.92. The molecule has 0 aliphatic heterocycles. The van der Waals surface area contributed by atoms with E-state index < -0.39 is 0 Å². The number of thiazole rings is 1. The smallest absolute Gasteiger partial charge is 0.253 e. The fraction of sp³-hybridized carbons (Fsp3) is 0.304. The lowest BCUT2D eigenvalue weighted by molar-refractivity contribution is 0.0952. The molecule has 4 nitrogen and oxygen atoms in total. The lowest BCUT2D eigenvalue weighted by Gasteiger charge is -2.11. The number of benzene rings is 2. The van der Waals surface area contributed by atoms with Gasteiger partial charge in [0.25, 0.3) is 5.91 Å². The van der Waals surface area contributed by atoms with Crippen LogP contribution in [0.15, 0.2) is 53.9 Å². The summed E-state index contributed by atoms with van der Waals surface area (Å²) in [6.07, 6.45) is 2.17. The molecule has 1 aliphatic carbocycles. The van der Waals surface area contributed by atoms with Crippen LogP contribution in [0.3, 0.4) is 0 Å². The Morgan fingerprint density at radius 1 is 1.14 bits per heavy atom. The van der Waals surface area contributed by atoms with Gasteiger partial charge in [-0.15, -0.1) is 11.3 Å². The summed E-state index contributed by atoms with van der Waals surface area (Å²) in [5.41, 5.74) is 4.99. The summed E-state index contributed by atoms with van der Waals surface area (Å²) >= 11 is 1.65. The van der Waals surface area contributed by atoms with Gasteiger partial charge in [-0.05, 0) is 36.5 Å². The van der Waals surface area contributed by atoms with E-state index in [2.05, 4.69) is 54.1 Å². The second-order valence-corrected chi connectivity index (χ2v) is 8.43. The number of carbonyl (C=O) groups excluding carboxylic acids is 1. The summed E-state index contributed by atoms with van der Waals surface area (Å²) in [4.78, 5) is 17.2. The number of amides is 1. The Morgan fingerprint density at radius 3 is 2.61 bits per heavy atom.